The Labute approximate surface area is 272 Å². The van der Waals surface area contributed by atoms with Crippen LogP contribution in [0.5, 0.6) is 5.75 Å². The monoisotopic (exact) mass is 625 g/mol. The summed E-state index contributed by atoms with van der Waals surface area (Å²) < 4.78 is 18.8. The molecule has 2 aliphatic rings. The van der Waals surface area contributed by atoms with Crippen molar-refractivity contribution in [2.75, 3.05) is 53.6 Å². The standard InChI is InChI=1S/C23H26N2O3.C15H21NO2/c1-17-22(23(26)18-7-9-19(27-2)10-8-18)20-5-3-4-6-21(20)25(17)12-11-24-13-15-28-16-14-24;1-4-14(17)18-15(10-11-16(3)12(15)2)13-8-6-5-7-9-13/h3-10H,11-16H2,1-2H3;5-9,12H,4,10-11H2,1-3H3. The predicted octanol–water partition coefficient (Wildman–Crippen LogP) is 6.08. The van der Waals surface area contributed by atoms with Gasteiger partial charge in [0.15, 0.2) is 11.4 Å². The summed E-state index contributed by atoms with van der Waals surface area (Å²) in [5.74, 6) is 0.684. The highest BCUT2D eigenvalue weighted by Gasteiger charge is 2.48. The van der Waals surface area contributed by atoms with Gasteiger partial charge in [0.1, 0.15) is 5.75 Å². The minimum absolute atomic E-state index is 0.0569. The maximum atomic E-state index is 13.3. The van der Waals surface area contributed by atoms with Crippen molar-refractivity contribution >= 4 is 22.7 Å². The molecular formula is C38H47N3O5. The fraction of sp³-hybridized carbons (Fsp3) is 0.421. The van der Waals surface area contributed by atoms with Crippen LogP contribution < -0.4 is 4.74 Å². The molecule has 2 fully saturated rings. The molecule has 244 valence electrons. The summed E-state index contributed by atoms with van der Waals surface area (Å²) in [6.07, 6.45) is 1.28. The van der Waals surface area contributed by atoms with Gasteiger partial charge < -0.3 is 18.8 Å². The van der Waals surface area contributed by atoms with Crippen LogP contribution in [0.4, 0.5) is 0 Å². The first-order valence-corrected chi connectivity index (χ1v) is 16.3. The van der Waals surface area contributed by atoms with Gasteiger partial charge in [0, 0.05) is 67.7 Å². The number of likely N-dealkylation sites (tertiary alicyclic amines) is 1. The van der Waals surface area contributed by atoms with Crippen LogP contribution in [-0.4, -0.2) is 85.7 Å². The Balaban J connectivity index is 0.000000200. The first kappa shape index (κ1) is 33.4. The first-order valence-electron chi connectivity index (χ1n) is 16.3. The number of para-hydroxylation sites is 1. The third-order valence-electron chi connectivity index (χ3n) is 9.57. The molecule has 0 radical (unpaired) electrons. The van der Waals surface area contributed by atoms with E-state index >= 15 is 0 Å². The van der Waals surface area contributed by atoms with E-state index in [9.17, 15) is 9.59 Å². The SMILES string of the molecule is CCC(=O)OC1(c2ccccc2)CCN(C)C1C.COc1ccc(C(=O)c2c(C)n(CCN3CCOCC3)c3ccccc23)cc1. The molecular weight excluding hydrogens is 578 g/mol. The molecule has 3 heterocycles. The minimum atomic E-state index is -0.483. The Morgan fingerprint density at radius 1 is 0.913 bits per heavy atom. The van der Waals surface area contributed by atoms with E-state index in [-0.39, 0.29) is 17.8 Å². The molecule has 2 aliphatic heterocycles. The Morgan fingerprint density at radius 3 is 2.22 bits per heavy atom. The number of esters is 1. The third kappa shape index (κ3) is 7.04. The molecule has 8 heteroatoms. The molecule has 3 aromatic carbocycles. The second-order valence-corrected chi connectivity index (χ2v) is 12.1. The Morgan fingerprint density at radius 2 is 1.59 bits per heavy atom. The number of hydrogen-bond acceptors (Lipinski definition) is 7. The summed E-state index contributed by atoms with van der Waals surface area (Å²) in [4.78, 5) is 29.7. The fourth-order valence-corrected chi connectivity index (χ4v) is 6.64. The highest BCUT2D eigenvalue weighted by Crippen LogP contribution is 2.40. The lowest BCUT2D eigenvalue weighted by atomic mass is 9.87. The number of likely N-dealkylation sites (N-methyl/N-ethyl adjacent to an activating group) is 1. The molecule has 2 saturated heterocycles. The molecule has 0 bridgehead atoms. The van der Waals surface area contributed by atoms with E-state index in [1.807, 2.05) is 67.6 Å². The predicted molar refractivity (Wildman–Crippen MR) is 182 cm³/mol. The molecule has 2 atom stereocenters. The normalized spacial score (nSPS) is 20.2. The molecule has 0 amide bonds. The minimum Gasteiger partial charge on any atom is -0.497 e. The average molecular weight is 626 g/mol. The van der Waals surface area contributed by atoms with Crippen LogP contribution in [0, 0.1) is 6.92 Å². The van der Waals surface area contributed by atoms with Gasteiger partial charge in [-0.15, -0.1) is 0 Å². The van der Waals surface area contributed by atoms with E-state index in [1.165, 1.54) is 0 Å². The van der Waals surface area contributed by atoms with Crippen LogP contribution in [0.2, 0.25) is 0 Å². The zero-order valence-corrected chi connectivity index (χ0v) is 27.8. The molecule has 46 heavy (non-hydrogen) atoms. The van der Waals surface area contributed by atoms with Crippen molar-refractivity contribution < 1.29 is 23.8 Å². The van der Waals surface area contributed by atoms with Crippen molar-refractivity contribution in [1.29, 1.82) is 0 Å². The highest BCUT2D eigenvalue weighted by molar-refractivity contribution is 6.17. The lowest BCUT2D eigenvalue weighted by Gasteiger charge is -2.35. The average Bonchev–Trinajstić information content (AvgIpc) is 3.55. The van der Waals surface area contributed by atoms with Crippen molar-refractivity contribution in [2.24, 2.45) is 0 Å². The quantitative estimate of drug-likeness (QED) is 0.165. The number of aromatic nitrogens is 1. The molecule has 1 aromatic heterocycles. The zero-order chi connectivity index (χ0) is 32.7. The van der Waals surface area contributed by atoms with Gasteiger partial charge in [-0.3, -0.25) is 19.4 Å². The van der Waals surface area contributed by atoms with Gasteiger partial charge in [-0.2, -0.15) is 0 Å². The van der Waals surface area contributed by atoms with Crippen molar-refractivity contribution in [3.05, 3.63) is 101 Å². The molecule has 0 saturated carbocycles. The van der Waals surface area contributed by atoms with Gasteiger partial charge in [-0.05, 0) is 56.8 Å². The maximum absolute atomic E-state index is 13.3. The number of fused-ring (bicyclic) bond motifs is 1. The van der Waals surface area contributed by atoms with Crippen LogP contribution in [0.3, 0.4) is 0 Å². The second-order valence-electron chi connectivity index (χ2n) is 12.1. The van der Waals surface area contributed by atoms with Crippen LogP contribution in [0.15, 0.2) is 78.9 Å². The number of morpholine rings is 1. The maximum Gasteiger partial charge on any atom is 0.306 e. The van der Waals surface area contributed by atoms with Crippen molar-refractivity contribution in [2.45, 2.75) is 51.8 Å². The topological polar surface area (TPSA) is 73.2 Å². The van der Waals surface area contributed by atoms with Gasteiger partial charge in [-0.1, -0.05) is 55.5 Å². The number of nitrogens with zero attached hydrogens (tertiary/aromatic N) is 3. The smallest absolute Gasteiger partial charge is 0.306 e. The van der Waals surface area contributed by atoms with Crippen molar-refractivity contribution in [3.63, 3.8) is 0 Å². The molecule has 0 spiro atoms. The van der Waals surface area contributed by atoms with Crippen LogP contribution in [0.1, 0.15) is 53.9 Å². The van der Waals surface area contributed by atoms with Crippen LogP contribution >= 0.6 is 0 Å². The molecule has 4 aromatic rings. The third-order valence-corrected chi connectivity index (χ3v) is 9.57. The Bertz CT molecular complexity index is 1610. The summed E-state index contributed by atoms with van der Waals surface area (Å²) in [6, 6.07) is 25.8. The molecule has 0 aliphatic carbocycles. The van der Waals surface area contributed by atoms with Gasteiger partial charge >= 0.3 is 5.97 Å². The molecule has 8 nitrogen and oxygen atoms in total. The van der Waals surface area contributed by atoms with Crippen molar-refractivity contribution in [3.8, 4) is 5.75 Å². The lowest BCUT2D eigenvalue weighted by molar-refractivity contribution is -0.163. The van der Waals surface area contributed by atoms with Crippen LogP contribution in [-0.2, 0) is 26.4 Å². The highest BCUT2D eigenvalue weighted by atomic mass is 16.6. The van der Waals surface area contributed by atoms with Gasteiger partial charge in [-0.25, -0.2) is 0 Å². The second kappa shape index (κ2) is 15.1. The zero-order valence-electron chi connectivity index (χ0n) is 27.8. The molecule has 6 rings (SSSR count). The van der Waals surface area contributed by atoms with E-state index in [4.69, 9.17) is 14.2 Å². The van der Waals surface area contributed by atoms with Gasteiger partial charge in [0.25, 0.3) is 0 Å². The largest absolute Gasteiger partial charge is 0.497 e. The number of ketones is 1. The number of rotatable bonds is 9. The van der Waals surface area contributed by atoms with E-state index in [1.54, 1.807) is 7.11 Å². The van der Waals surface area contributed by atoms with E-state index in [2.05, 4.69) is 53.5 Å². The molecule has 0 N–H and O–H groups in total. The Hall–Kier alpha value is -3.98. The van der Waals surface area contributed by atoms with Gasteiger partial charge in [0.2, 0.25) is 0 Å². The van der Waals surface area contributed by atoms with E-state index < -0.39 is 5.60 Å². The number of hydrogen-bond donors (Lipinski definition) is 0. The van der Waals surface area contributed by atoms with E-state index in [0.29, 0.717) is 12.0 Å². The van der Waals surface area contributed by atoms with Crippen LogP contribution in [0.25, 0.3) is 10.9 Å². The summed E-state index contributed by atoms with van der Waals surface area (Å²) in [5.41, 5.74) is 4.23. The summed E-state index contributed by atoms with van der Waals surface area (Å²) in [7, 11) is 3.71. The van der Waals surface area contributed by atoms with Crippen molar-refractivity contribution in [1.82, 2.24) is 14.4 Å². The number of carbonyl (C=O) groups is 2. The van der Waals surface area contributed by atoms with E-state index in [0.717, 1.165) is 85.8 Å². The number of carbonyl (C=O) groups excluding carboxylic acids is 2. The summed E-state index contributed by atoms with van der Waals surface area (Å²) in [6.45, 7) is 12.3. The van der Waals surface area contributed by atoms with Gasteiger partial charge in [0.05, 0.1) is 31.9 Å². The number of methoxy groups -OCH3 is 1. The summed E-state index contributed by atoms with van der Waals surface area (Å²) >= 11 is 0. The number of ether oxygens (including phenoxy) is 3. The molecule has 2 unspecified atom stereocenters. The number of benzene rings is 3. The first-order chi connectivity index (χ1) is 22.3. The summed E-state index contributed by atoms with van der Waals surface area (Å²) in [5, 5.41) is 1.02. The Kier molecular flexibility index (Phi) is 10.9. The lowest BCUT2D eigenvalue weighted by Crippen LogP contribution is -2.42. The fourth-order valence-electron chi connectivity index (χ4n) is 6.64.